The molecule has 28 heavy (non-hydrogen) atoms. The van der Waals surface area contributed by atoms with E-state index in [9.17, 15) is 13.6 Å². The van der Waals surface area contributed by atoms with E-state index in [0.717, 1.165) is 36.0 Å². The van der Waals surface area contributed by atoms with E-state index >= 15 is 0 Å². The van der Waals surface area contributed by atoms with Crippen LogP contribution in [0.25, 0.3) is 0 Å². The lowest BCUT2D eigenvalue weighted by Gasteiger charge is -2.24. The molecule has 0 radical (unpaired) electrons. The van der Waals surface area contributed by atoms with Crippen molar-refractivity contribution in [3.8, 4) is 5.88 Å². The van der Waals surface area contributed by atoms with Crippen molar-refractivity contribution in [2.75, 3.05) is 17.9 Å². The number of aryl methyl sites for hydroxylation is 1. The van der Waals surface area contributed by atoms with Crippen LogP contribution in [0.15, 0.2) is 0 Å². The van der Waals surface area contributed by atoms with Gasteiger partial charge in [-0.2, -0.15) is 9.37 Å². The highest BCUT2D eigenvalue weighted by Gasteiger charge is 2.27. The predicted octanol–water partition coefficient (Wildman–Crippen LogP) is 3.95. The Kier molecular flexibility index (Phi) is 5.84. The van der Waals surface area contributed by atoms with Gasteiger partial charge in [0.2, 0.25) is 17.7 Å². The minimum atomic E-state index is -0.694. The van der Waals surface area contributed by atoms with Gasteiger partial charge >= 0.3 is 0 Å². The van der Waals surface area contributed by atoms with Crippen LogP contribution in [0.2, 0.25) is 0 Å². The van der Waals surface area contributed by atoms with E-state index in [1.807, 2.05) is 6.92 Å². The lowest BCUT2D eigenvalue weighted by molar-refractivity contribution is -0.116. The van der Waals surface area contributed by atoms with E-state index in [0.29, 0.717) is 11.1 Å². The maximum absolute atomic E-state index is 14.9. The van der Waals surface area contributed by atoms with E-state index in [-0.39, 0.29) is 35.8 Å². The highest BCUT2D eigenvalue weighted by atomic mass is 35.5. The Hall–Kier alpha value is -2.28. The molecule has 0 unspecified atom stereocenters. The molecule has 0 N–H and O–H groups in total. The highest BCUT2D eigenvalue weighted by molar-refractivity contribution is 6.29. The van der Waals surface area contributed by atoms with Gasteiger partial charge in [0.05, 0.1) is 19.3 Å². The summed E-state index contributed by atoms with van der Waals surface area (Å²) in [5, 5.41) is 0. The molecule has 0 atom stereocenters. The number of carbonyl (C=O) groups is 1. The topological polar surface area (TPSA) is 55.3 Å². The summed E-state index contributed by atoms with van der Waals surface area (Å²) in [7, 11) is 1.28. The molecule has 3 rings (SSSR count). The van der Waals surface area contributed by atoms with Crippen LogP contribution < -0.4 is 9.64 Å². The molecule has 1 aromatic heterocycles. The van der Waals surface area contributed by atoms with Gasteiger partial charge in [0, 0.05) is 0 Å². The van der Waals surface area contributed by atoms with E-state index in [2.05, 4.69) is 9.97 Å². The van der Waals surface area contributed by atoms with Crippen molar-refractivity contribution in [2.24, 2.45) is 0 Å². The number of hydrogen-bond acceptors (Lipinski definition) is 4. The zero-order valence-electron chi connectivity index (χ0n) is 16.3. The fourth-order valence-electron chi connectivity index (χ4n) is 3.73. The third-order valence-electron chi connectivity index (χ3n) is 5.31. The van der Waals surface area contributed by atoms with Gasteiger partial charge in [0.25, 0.3) is 5.88 Å². The quantitative estimate of drug-likeness (QED) is 0.702. The fourth-order valence-corrected chi connectivity index (χ4v) is 3.88. The second-order valence-electron chi connectivity index (χ2n) is 6.90. The third kappa shape index (κ3) is 3.43. The molecule has 0 spiro atoms. The Labute approximate surface area is 167 Å². The summed E-state index contributed by atoms with van der Waals surface area (Å²) in [6, 6.07) is 0. The number of nitrogens with zero attached hydrogens (tertiary/aromatic N) is 3. The largest absolute Gasteiger partial charge is 0.479 e. The maximum atomic E-state index is 14.9. The van der Waals surface area contributed by atoms with Crippen LogP contribution in [-0.2, 0) is 24.2 Å². The minimum absolute atomic E-state index is 0.0268. The van der Waals surface area contributed by atoms with Gasteiger partial charge in [-0.05, 0) is 67.9 Å². The summed E-state index contributed by atoms with van der Waals surface area (Å²) in [5.74, 6) is -1.98. The summed E-state index contributed by atoms with van der Waals surface area (Å²) in [4.78, 5) is 21.9. The molecule has 2 aromatic rings. The van der Waals surface area contributed by atoms with Crippen LogP contribution in [-0.4, -0.2) is 28.9 Å². The maximum Gasteiger partial charge on any atom is 0.255 e. The van der Waals surface area contributed by atoms with Crippen molar-refractivity contribution in [2.45, 2.75) is 46.6 Å². The smallest absolute Gasteiger partial charge is 0.255 e. The first-order valence-electron chi connectivity index (χ1n) is 9.03. The second kappa shape index (κ2) is 7.99. The van der Waals surface area contributed by atoms with Gasteiger partial charge in [-0.25, -0.2) is 9.37 Å². The summed E-state index contributed by atoms with van der Waals surface area (Å²) >= 11 is 5.79. The standard InChI is InChI=1S/C20H22ClF2N3O2/c1-10-13-6-5-7-14(13)17(22)11(2)15(10)9-26(16(27)8-21)20-24-12(3)18(23)19(25-20)28-4/h5-9H2,1-4H3. The summed E-state index contributed by atoms with van der Waals surface area (Å²) < 4.78 is 33.9. The Morgan fingerprint density at radius 1 is 1.11 bits per heavy atom. The lowest BCUT2D eigenvalue weighted by Crippen LogP contribution is -2.34. The number of hydrogen-bond donors (Lipinski definition) is 0. The SMILES string of the molecule is COc1nc(N(Cc2c(C)c(F)c3c(c2C)CCC3)C(=O)CCl)nc(C)c1F. The number of benzene rings is 1. The number of carbonyl (C=O) groups excluding carboxylic acids is 1. The van der Waals surface area contributed by atoms with Crippen molar-refractivity contribution >= 4 is 23.5 Å². The average Bonchev–Trinajstić information content (AvgIpc) is 3.18. The number of rotatable bonds is 5. The van der Waals surface area contributed by atoms with E-state index < -0.39 is 11.7 Å². The van der Waals surface area contributed by atoms with E-state index in [1.54, 1.807) is 6.92 Å². The number of methoxy groups -OCH3 is 1. The van der Waals surface area contributed by atoms with Crippen LogP contribution in [0.1, 0.15) is 39.9 Å². The number of ether oxygens (including phenoxy) is 1. The number of amides is 1. The normalized spacial score (nSPS) is 12.8. The van der Waals surface area contributed by atoms with Crippen molar-refractivity contribution in [1.82, 2.24) is 9.97 Å². The second-order valence-corrected chi connectivity index (χ2v) is 7.17. The molecule has 150 valence electrons. The fraction of sp³-hybridized carbons (Fsp3) is 0.450. The average molecular weight is 410 g/mol. The summed E-state index contributed by atoms with van der Waals surface area (Å²) in [6.45, 7) is 5.14. The third-order valence-corrected chi connectivity index (χ3v) is 5.54. The zero-order chi connectivity index (χ0) is 20.6. The Morgan fingerprint density at radius 2 is 1.79 bits per heavy atom. The molecule has 8 heteroatoms. The highest BCUT2D eigenvalue weighted by Crippen LogP contribution is 2.34. The van der Waals surface area contributed by atoms with Crippen molar-refractivity contribution < 1.29 is 18.3 Å². The van der Waals surface area contributed by atoms with Gasteiger partial charge in [-0.15, -0.1) is 11.6 Å². The molecular weight excluding hydrogens is 388 g/mol. The summed E-state index contributed by atoms with van der Waals surface area (Å²) in [6.07, 6.45) is 2.46. The van der Waals surface area contributed by atoms with Gasteiger partial charge < -0.3 is 4.74 Å². The molecule has 1 aliphatic rings. The Morgan fingerprint density at radius 3 is 2.43 bits per heavy atom. The molecule has 1 amide bonds. The molecule has 0 bridgehead atoms. The number of anilines is 1. The van der Waals surface area contributed by atoms with E-state index in [1.165, 1.54) is 18.9 Å². The first-order valence-corrected chi connectivity index (χ1v) is 9.57. The van der Waals surface area contributed by atoms with Gasteiger partial charge in [0.1, 0.15) is 11.7 Å². The minimum Gasteiger partial charge on any atom is -0.479 e. The molecule has 5 nitrogen and oxygen atoms in total. The number of fused-ring (bicyclic) bond motifs is 1. The van der Waals surface area contributed by atoms with Gasteiger partial charge in [-0.3, -0.25) is 9.69 Å². The van der Waals surface area contributed by atoms with Gasteiger partial charge in [0.15, 0.2) is 0 Å². The lowest BCUT2D eigenvalue weighted by atomic mass is 9.93. The first-order chi connectivity index (χ1) is 13.3. The Balaban J connectivity index is 2.11. The summed E-state index contributed by atoms with van der Waals surface area (Å²) in [5.41, 5.74) is 3.97. The number of alkyl halides is 1. The monoisotopic (exact) mass is 409 g/mol. The first kappa shape index (κ1) is 20.5. The molecule has 0 saturated carbocycles. The predicted molar refractivity (Wildman–Crippen MR) is 103 cm³/mol. The molecule has 1 heterocycles. The van der Waals surface area contributed by atoms with Crippen LogP contribution in [0.3, 0.4) is 0 Å². The van der Waals surface area contributed by atoms with Crippen LogP contribution in [0.5, 0.6) is 5.88 Å². The van der Waals surface area contributed by atoms with E-state index in [4.69, 9.17) is 16.3 Å². The zero-order valence-corrected chi connectivity index (χ0v) is 17.1. The number of halogens is 3. The number of aromatic nitrogens is 2. The molecule has 1 aromatic carbocycles. The Bertz CT molecular complexity index is 950. The van der Waals surface area contributed by atoms with Crippen LogP contribution in [0, 0.1) is 32.4 Å². The van der Waals surface area contributed by atoms with Crippen molar-refractivity contribution in [3.05, 3.63) is 45.1 Å². The molecular formula is C20H22ClF2N3O2. The van der Waals surface area contributed by atoms with Gasteiger partial charge in [-0.1, -0.05) is 0 Å². The van der Waals surface area contributed by atoms with Crippen molar-refractivity contribution in [1.29, 1.82) is 0 Å². The molecule has 0 aliphatic heterocycles. The molecule has 1 aliphatic carbocycles. The van der Waals surface area contributed by atoms with Crippen molar-refractivity contribution in [3.63, 3.8) is 0 Å². The van der Waals surface area contributed by atoms with Crippen LogP contribution >= 0.6 is 11.6 Å². The molecule has 0 saturated heterocycles. The molecule has 0 fully saturated rings. The van der Waals surface area contributed by atoms with Crippen LogP contribution in [0.4, 0.5) is 14.7 Å².